The van der Waals surface area contributed by atoms with Crippen LogP contribution in [-0.4, -0.2) is 40.9 Å². The van der Waals surface area contributed by atoms with Gasteiger partial charge in [0.1, 0.15) is 13.1 Å². The number of amides is 2. The minimum atomic E-state index is -1.18. The highest BCUT2D eigenvalue weighted by Crippen LogP contribution is 2.23. The van der Waals surface area contributed by atoms with Crippen molar-refractivity contribution >= 4 is 17.8 Å². The molecule has 2 amide bonds. The third kappa shape index (κ3) is 3.14. The maximum atomic E-state index is 12.3. The lowest BCUT2D eigenvalue weighted by atomic mass is 10.1. The number of nitrogens with two attached hydrogens (primary N) is 1. The summed E-state index contributed by atoms with van der Waals surface area (Å²) in [5.74, 6) is -2.40. The number of primary amides is 1. The van der Waals surface area contributed by atoms with E-state index in [1.54, 1.807) is 12.1 Å². The second kappa shape index (κ2) is 5.73. The van der Waals surface area contributed by atoms with Crippen LogP contribution in [0.25, 0.3) is 0 Å². The monoisotopic (exact) mass is 276 g/mol. The van der Waals surface area contributed by atoms with Gasteiger partial charge in [0.25, 0.3) is 5.91 Å². The molecule has 1 aliphatic carbocycles. The Morgan fingerprint density at radius 3 is 2.50 bits per heavy atom. The molecule has 0 aliphatic heterocycles. The predicted molar refractivity (Wildman–Crippen MR) is 71.2 cm³/mol. The van der Waals surface area contributed by atoms with Crippen molar-refractivity contribution in [1.82, 2.24) is 4.90 Å². The van der Waals surface area contributed by atoms with Gasteiger partial charge in [-0.2, -0.15) is 0 Å². The van der Waals surface area contributed by atoms with Crippen molar-refractivity contribution in [2.45, 2.75) is 19.3 Å². The number of carbonyl (C=O) groups excluding carboxylic acids is 2. The molecule has 3 N–H and O–H groups in total. The summed E-state index contributed by atoms with van der Waals surface area (Å²) >= 11 is 0. The molecule has 2 rings (SSSR count). The molecule has 0 atom stereocenters. The van der Waals surface area contributed by atoms with E-state index in [2.05, 4.69) is 0 Å². The third-order valence-corrected chi connectivity index (χ3v) is 3.31. The Bertz CT molecular complexity index is 552. The number of aryl methyl sites for hydroxylation is 2. The Kier molecular flexibility index (Phi) is 4.02. The fourth-order valence-electron chi connectivity index (χ4n) is 2.44. The van der Waals surface area contributed by atoms with Crippen LogP contribution in [0.2, 0.25) is 0 Å². The van der Waals surface area contributed by atoms with E-state index in [9.17, 15) is 14.4 Å². The second-order valence-corrected chi connectivity index (χ2v) is 4.86. The van der Waals surface area contributed by atoms with Crippen molar-refractivity contribution in [3.63, 3.8) is 0 Å². The fourth-order valence-corrected chi connectivity index (χ4v) is 2.44. The van der Waals surface area contributed by atoms with Crippen LogP contribution in [0.15, 0.2) is 18.2 Å². The van der Waals surface area contributed by atoms with Crippen LogP contribution in [0.1, 0.15) is 27.9 Å². The van der Waals surface area contributed by atoms with Gasteiger partial charge in [0.05, 0.1) is 0 Å². The Labute approximate surface area is 116 Å². The summed E-state index contributed by atoms with van der Waals surface area (Å²) in [5, 5.41) is 8.80. The number of carboxylic acids is 1. The normalized spacial score (nSPS) is 12.8. The van der Waals surface area contributed by atoms with E-state index in [-0.39, 0.29) is 0 Å². The number of hydrogen-bond donors (Lipinski definition) is 2. The van der Waals surface area contributed by atoms with Crippen LogP contribution in [-0.2, 0) is 22.4 Å². The van der Waals surface area contributed by atoms with Gasteiger partial charge in [-0.3, -0.25) is 14.4 Å². The molecule has 0 aromatic heterocycles. The second-order valence-electron chi connectivity index (χ2n) is 4.86. The van der Waals surface area contributed by atoms with E-state index in [0.717, 1.165) is 29.7 Å². The SMILES string of the molecule is NC(=O)CN(CC(=O)O)C(=O)c1ccc2c(c1)CCC2. The molecular weight excluding hydrogens is 260 g/mol. The Morgan fingerprint density at radius 1 is 1.15 bits per heavy atom. The maximum absolute atomic E-state index is 12.3. The number of fused-ring (bicyclic) bond motifs is 1. The van der Waals surface area contributed by atoms with E-state index in [4.69, 9.17) is 10.8 Å². The van der Waals surface area contributed by atoms with Crippen molar-refractivity contribution in [2.24, 2.45) is 5.73 Å². The zero-order valence-electron chi connectivity index (χ0n) is 11.0. The van der Waals surface area contributed by atoms with Crippen molar-refractivity contribution in [1.29, 1.82) is 0 Å². The van der Waals surface area contributed by atoms with Crippen molar-refractivity contribution in [2.75, 3.05) is 13.1 Å². The van der Waals surface area contributed by atoms with E-state index in [1.165, 1.54) is 5.56 Å². The average molecular weight is 276 g/mol. The van der Waals surface area contributed by atoms with Gasteiger partial charge in [-0.05, 0) is 42.5 Å². The van der Waals surface area contributed by atoms with Crippen molar-refractivity contribution in [3.8, 4) is 0 Å². The van der Waals surface area contributed by atoms with E-state index in [0.29, 0.717) is 5.56 Å². The number of hydrogen-bond acceptors (Lipinski definition) is 3. The first-order valence-corrected chi connectivity index (χ1v) is 6.38. The number of aliphatic carboxylic acids is 1. The van der Waals surface area contributed by atoms with Crippen LogP contribution < -0.4 is 5.73 Å². The molecule has 1 aliphatic rings. The van der Waals surface area contributed by atoms with E-state index >= 15 is 0 Å². The van der Waals surface area contributed by atoms with Crippen LogP contribution in [0.3, 0.4) is 0 Å². The largest absolute Gasteiger partial charge is 0.480 e. The van der Waals surface area contributed by atoms with Gasteiger partial charge < -0.3 is 15.7 Å². The average Bonchev–Trinajstić information content (AvgIpc) is 2.83. The molecule has 0 saturated carbocycles. The molecule has 0 heterocycles. The zero-order valence-corrected chi connectivity index (χ0v) is 11.0. The molecule has 0 radical (unpaired) electrons. The molecule has 0 fully saturated rings. The third-order valence-electron chi connectivity index (χ3n) is 3.31. The maximum Gasteiger partial charge on any atom is 0.323 e. The molecule has 1 aromatic rings. The quantitative estimate of drug-likeness (QED) is 0.801. The van der Waals surface area contributed by atoms with Gasteiger partial charge in [-0.15, -0.1) is 0 Å². The first-order chi connectivity index (χ1) is 9.47. The van der Waals surface area contributed by atoms with Crippen molar-refractivity contribution in [3.05, 3.63) is 34.9 Å². The number of nitrogens with zero attached hydrogens (tertiary/aromatic N) is 1. The van der Waals surface area contributed by atoms with Crippen LogP contribution >= 0.6 is 0 Å². The molecule has 0 bridgehead atoms. The van der Waals surface area contributed by atoms with Crippen molar-refractivity contribution < 1.29 is 19.5 Å². The molecule has 0 saturated heterocycles. The highest BCUT2D eigenvalue weighted by Gasteiger charge is 2.22. The summed E-state index contributed by atoms with van der Waals surface area (Å²) in [7, 11) is 0. The predicted octanol–water partition coefficient (Wildman–Crippen LogP) is 0.187. The molecule has 6 nitrogen and oxygen atoms in total. The Balaban J connectivity index is 2.22. The first kappa shape index (κ1) is 14.0. The first-order valence-electron chi connectivity index (χ1n) is 6.38. The highest BCUT2D eigenvalue weighted by atomic mass is 16.4. The molecule has 0 spiro atoms. The van der Waals surface area contributed by atoms with E-state index in [1.807, 2.05) is 6.07 Å². The van der Waals surface area contributed by atoms with Gasteiger partial charge >= 0.3 is 5.97 Å². The molecule has 106 valence electrons. The zero-order chi connectivity index (χ0) is 14.7. The lowest BCUT2D eigenvalue weighted by molar-refractivity contribution is -0.138. The fraction of sp³-hybridized carbons (Fsp3) is 0.357. The van der Waals surface area contributed by atoms with Gasteiger partial charge in [-0.25, -0.2) is 0 Å². The Morgan fingerprint density at radius 2 is 1.85 bits per heavy atom. The number of carbonyl (C=O) groups is 3. The summed E-state index contributed by atoms with van der Waals surface area (Å²) in [5.41, 5.74) is 7.79. The highest BCUT2D eigenvalue weighted by molar-refractivity contribution is 5.98. The smallest absolute Gasteiger partial charge is 0.323 e. The molecular formula is C14H16N2O4. The Hall–Kier alpha value is -2.37. The van der Waals surface area contributed by atoms with Crippen LogP contribution in [0.4, 0.5) is 0 Å². The molecule has 6 heteroatoms. The van der Waals surface area contributed by atoms with Crippen LogP contribution in [0, 0.1) is 0 Å². The van der Waals surface area contributed by atoms with Crippen LogP contribution in [0.5, 0.6) is 0 Å². The molecule has 20 heavy (non-hydrogen) atoms. The summed E-state index contributed by atoms with van der Waals surface area (Å²) in [6.45, 7) is -0.943. The molecule has 0 unspecified atom stereocenters. The standard InChI is InChI=1S/C14H16N2O4/c15-12(17)7-16(8-13(18)19)14(20)11-5-4-9-2-1-3-10(9)6-11/h4-6H,1-3,7-8H2,(H2,15,17)(H,18,19). The molecule has 1 aromatic carbocycles. The minimum absolute atomic E-state index is 0.396. The number of rotatable bonds is 5. The number of carboxylic acid groups (broad SMARTS) is 1. The topological polar surface area (TPSA) is 101 Å². The summed E-state index contributed by atoms with van der Waals surface area (Å²) in [4.78, 5) is 34.9. The number of benzene rings is 1. The summed E-state index contributed by atoms with van der Waals surface area (Å²) in [6.07, 6.45) is 2.99. The minimum Gasteiger partial charge on any atom is -0.480 e. The van der Waals surface area contributed by atoms with Gasteiger partial charge in [0.15, 0.2) is 0 Å². The summed E-state index contributed by atoms with van der Waals surface area (Å²) in [6, 6.07) is 5.33. The van der Waals surface area contributed by atoms with Gasteiger partial charge in [0, 0.05) is 5.56 Å². The van der Waals surface area contributed by atoms with Gasteiger partial charge in [0.2, 0.25) is 5.91 Å². The van der Waals surface area contributed by atoms with E-state index < -0.39 is 30.9 Å². The lowest BCUT2D eigenvalue weighted by Gasteiger charge is -2.19. The summed E-state index contributed by atoms with van der Waals surface area (Å²) < 4.78 is 0. The lowest BCUT2D eigenvalue weighted by Crippen LogP contribution is -2.41. The van der Waals surface area contributed by atoms with Gasteiger partial charge in [-0.1, -0.05) is 6.07 Å².